The van der Waals surface area contributed by atoms with Gasteiger partial charge in [-0.05, 0) is 18.4 Å². The molecule has 0 bridgehead atoms. The molecule has 1 aliphatic heterocycles. The highest BCUT2D eigenvalue weighted by Crippen LogP contribution is 2.21. The van der Waals surface area contributed by atoms with Gasteiger partial charge in [0, 0.05) is 39.0 Å². The molecule has 8 nitrogen and oxygen atoms in total. The maximum atomic E-state index is 12.3. The van der Waals surface area contributed by atoms with Crippen molar-refractivity contribution in [1.29, 1.82) is 0 Å². The minimum Gasteiger partial charge on any atom is -0.450 e. The molecule has 134 valence electrons. The molecule has 1 aliphatic rings. The summed E-state index contributed by atoms with van der Waals surface area (Å²) in [6, 6.07) is 3.85. The second-order valence-corrected chi connectivity index (χ2v) is 6.50. The quantitative estimate of drug-likeness (QED) is 0.806. The van der Waals surface area contributed by atoms with Gasteiger partial charge in [0.2, 0.25) is 17.6 Å². The number of ether oxygens (including phenoxy) is 1. The van der Waals surface area contributed by atoms with E-state index in [0.717, 1.165) is 4.88 Å². The molecule has 0 saturated carbocycles. The minimum absolute atomic E-state index is 0.0272. The average Bonchev–Trinajstić information content (AvgIpc) is 3.31. The summed E-state index contributed by atoms with van der Waals surface area (Å²) in [4.78, 5) is 32.6. The van der Waals surface area contributed by atoms with Crippen molar-refractivity contribution in [3.8, 4) is 10.7 Å². The van der Waals surface area contributed by atoms with E-state index in [9.17, 15) is 9.59 Å². The molecule has 3 rings (SSSR count). The molecule has 0 atom stereocenters. The highest BCUT2D eigenvalue weighted by atomic mass is 32.1. The van der Waals surface area contributed by atoms with E-state index in [0.29, 0.717) is 57.3 Å². The Morgan fingerprint density at radius 2 is 2.04 bits per heavy atom. The van der Waals surface area contributed by atoms with Gasteiger partial charge in [0.25, 0.3) is 0 Å². The van der Waals surface area contributed by atoms with Crippen LogP contribution in [0.25, 0.3) is 10.7 Å². The first-order valence-corrected chi connectivity index (χ1v) is 9.11. The van der Waals surface area contributed by atoms with Crippen LogP contribution in [0.1, 0.15) is 19.2 Å². The molecule has 1 saturated heterocycles. The van der Waals surface area contributed by atoms with Gasteiger partial charge in [-0.2, -0.15) is 4.98 Å². The maximum absolute atomic E-state index is 12.3. The molecule has 0 unspecified atom stereocenters. The van der Waals surface area contributed by atoms with E-state index in [1.807, 2.05) is 17.5 Å². The van der Waals surface area contributed by atoms with Crippen molar-refractivity contribution in [2.24, 2.45) is 0 Å². The van der Waals surface area contributed by atoms with Crippen LogP contribution >= 0.6 is 11.3 Å². The lowest BCUT2D eigenvalue weighted by atomic mass is 10.2. The molecule has 2 amide bonds. The summed E-state index contributed by atoms with van der Waals surface area (Å²) in [5, 5.41) is 5.89. The predicted molar refractivity (Wildman–Crippen MR) is 91.1 cm³/mol. The number of piperazine rings is 1. The number of amides is 2. The van der Waals surface area contributed by atoms with Crippen LogP contribution in [0.4, 0.5) is 4.79 Å². The van der Waals surface area contributed by atoms with Crippen LogP contribution in [0.5, 0.6) is 0 Å². The predicted octanol–water partition coefficient (Wildman–Crippen LogP) is 2.03. The van der Waals surface area contributed by atoms with Crippen molar-refractivity contribution in [1.82, 2.24) is 19.9 Å². The number of aryl methyl sites for hydroxylation is 1. The third-order valence-corrected chi connectivity index (χ3v) is 4.79. The zero-order valence-corrected chi connectivity index (χ0v) is 14.8. The van der Waals surface area contributed by atoms with Gasteiger partial charge in [0.05, 0.1) is 11.5 Å². The molecule has 3 heterocycles. The number of carbonyl (C=O) groups excluding carboxylic acids is 2. The summed E-state index contributed by atoms with van der Waals surface area (Å²) in [6.45, 7) is 4.15. The SMILES string of the molecule is CCOC(=O)N1CCN(C(=O)CCc2nc(-c3cccs3)no2)CC1. The Kier molecular flexibility index (Phi) is 5.64. The fourth-order valence-electron chi connectivity index (χ4n) is 2.59. The topological polar surface area (TPSA) is 88.8 Å². The van der Waals surface area contributed by atoms with Crippen LogP contribution in [0.2, 0.25) is 0 Å². The first-order chi connectivity index (χ1) is 12.2. The molecule has 0 spiro atoms. The van der Waals surface area contributed by atoms with Gasteiger partial charge in [0.1, 0.15) is 0 Å². The second-order valence-electron chi connectivity index (χ2n) is 5.56. The van der Waals surface area contributed by atoms with Crippen LogP contribution in [0.3, 0.4) is 0 Å². The lowest BCUT2D eigenvalue weighted by Crippen LogP contribution is -2.50. The molecule has 9 heteroatoms. The van der Waals surface area contributed by atoms with Crippen LogP contribution in [0.15, 0.2) is 22.0 Å². The number of hydrogen-bond donors (Lipinski definition) is 0. The Morgan fingerprint density at radius 1 is 1.28 bits per heavy atom. The van der Waals surface area contributed by atoms with E-state index in [2.05, 4.69) is 10.1 Å². The molecule has 0 radical (unpaired) electrons. The standard InChI is InChI=1S/C16H20N4O4S/c1-2-23-16(22)20-9-7-19(8-10-20)14(21)6-5-13-17-15(18-24-13)12-4-3-11-25-12/h3-4,11H,2,5-10H2,1H3. The Hall–Kier alpha value is -2.42. The van der Waals surface area contributed by atoms with E-state index >= 15 is 0 Å². The summed E-state index contributed by atoms with van der Waals surface area (Å²) in [6.07, 6.45) is 0.405. The highest BCUT2D eigenvalue weighted by molar-refractivity contribution is 7.13. The van der Waals surface area contributed by atoms with Gasteiger partial charge in [-0.25, -0.2) is 4.79 Å². The Bertz CT molecular complexity index is 708. The summed E-state index contributed by atoms with van der Waals surface area (Å²) in [7, 11) is 0. The summed E-state index contributed by atoms with van der Waals surface area (Å²) in [5.74, 6) is 1.04. The third-order valence-electron chi connectivity index (χ3n) is 3.92. The number of nitrogens with zero attached hydrogens (tertiary/aromatic N) is 4. The number of aromatic nitrogens is 2. The monoisotopic (exact) mass is 364 g/mol. The van der Waals surface area contributed by atoms with Gasteiger partial charge in [0.15, 0.2) is 0 Å². The van der Waals surface area contributed by atoms with Crippen molar-refractivity contribution in [2.75, 3.05) is 32.8 Å². The minimum atomic E-state index is -0.318. The molecular formula is C16H20N4O4S. The lowest BCUT2D eigenvalue weighted by molar-refractivity contribution is -0.132. The van der Waals surface area contributed by atoms with Crippen molar-refractivity contribution < 1.29 is 18.8 Å². The molecule has 2 aromatic rings. The number of hydrogen-bond acceptors (Lipinski definition) is 7. The molecule has 25 heavy (non-hydrogen) atoms. The Labute approximate surface area is 149 Å². The highest BCUT2D eigenvalue weighted by Gasteiger charge is 2.25. The smallest absolute Gasteiger partial charge is 0.409 e. The fraction of sp³-hybridized carbons (Fsp3) is 0.500. The van der Waals surface area contributed by atoms with Gasteiger partial charge < -0.3 is 19.1 Å². The Morgan fingerprint density at radius 3 is 2.72 bits per heavy atom. The number of carbonyl (C=O) groups is 2. The van der Waals surface area contributed by atoms with Crippen LogP contribution in [0, 0.1) is 0 Å². The summed E-state index contributed by atoms with van der Waals surface area (Å²) >= 11 is 1.54. The van der Waals surface area contributed by atoms with Crippen LogP contribution in [-0.4, -0.2) is 64.7 Å². The van der Waals surface area contributed by atoms with Crippen LogP contribution < -0.4 is 0 Å². The lowest BCUT2D eigenvalue weighted by Gasteiger charge is -2.34. The van der Waals surface area contributed by atoms with Gasteiger partial charge >= 0.3 is 6.09 Å². The maximum Gasteiger partial charge on any atom is 0.409 e. The van der Waals surface area contributed by atoms with E-state index in [1.165, 1.54) is 11.3 Å². The average molecular weight is 364 g/mol. The van der Waals surface area contributed by atoms with Crippen molar-refractivity contribution >= 4 is 23.3 Å². The fourth-order valence-corrected chi connectivity index (χ4v) is 3.24. The van der Waals surface area contributed by atoms with Crippen molar-refractivity contribution in [2.45, 2.75) is 19.8 Å². The zero-order chi connectivity index (χ0) is 17.6. The number of rotatable bonds is 5. The molecule has 0 aliphatic carbocycles. The normalized spacial score (nSPS) is 14.6. The molecule has 0 aromatic carbocycles. The molecular weight excluding hydrogens is 344 g/mol. The molecule has 2 aromatic heterocycles. The van der Waals surface area contributed by atoms with Crippen molar-refractivity contribution in [3.05, 3.63) is 23.4 Å². The first kappa shape index (κ1) is 17.4. The van der Waals surface area contributed by atoms with E-state index in [4.69, 9.17) is 9.26 Å². The van der Waals surface area contributed by atoms with E-state index in [-0.39, 0.29) is 12.0 Å². The van der Waals surface area contributed by atoms with E-state index < -0.39 is 0 Å². The first-order valence-electron chi connectivity index (χ1n) is 8.23. The van der Waals surface area contributed by atoms with Gasteiger partial charge in [-0.3, -0.25) is 4.79 Å². The van der Waals surface area contributed by atoms with Gasteiger partial charge in [-0.1, -0.05) is 11.2 Å². The van der Waals surface area contributed by atoms with Crippen LogP contribution in [-0.2, 0) is 16.0 Å². The summed E-state index contributed by atoms with van der Waals surface area (Å²) in [5.41, 5.74) is 0. The van der Waals surface area contributed by atoms with E-state index in [1.54, 1.807) is 16.7 Å². The van der Waals surface area contributed by atoms with Crippen molar-refractivity contribution in [3.63, 3.8) is 0 Å². The number of thiophene rings is 1. The molecule has 0 N–H and O–H groups in total. The molecule has 1 fully saturated rings. The van der Waals surface area contributed by atoms with Gasteiger partial charge in [-0.15, -0.1) is 11.3 Å². The Balaban J connectivity index is 1.45. The summed E-state index contributed by atoms with van der Waals surface area (Å²) < 4.78 is 10.2. The third kappa shape index (κ3) is 4.36. The second kappa shape index (κ2) is 8.11. The zero-order valence-electron chi connectivity index (χ0n) is 14.0. The largest absolute Gasteiger partial charge is 0.450 e.